The normalized spacial score (nSPS) is 16.9. The van der Waals surface area contributed by atoms with Crippen molar-refractivity contribution < 1.29 is 27.9 Å². The molecule has 12 rings (SSSR count). The van der Waals surface area contributed by atoms with Crippen molar-refractivity contribution in [2.45, 2.75) is 119 Å². The fraction of sp³-hybridized carbons (Fsp3) is 0.297. The van der Waals surface area contributed by atoms with Gasteiger partial charge >= 0.3 is 0 Å². The Labute approximate surface area is 486 Å². The van der Waals surface area contributed by atoms with Crippen molar-refractivity contribution in [3.8, 4) is 56.6 Å². The van der Waals surface area contributed by atoms with Gasteiger partial charge in [-0.2, -0.15) is 0 Å². The highest BCUT2D eigenvalue weighted by Gasteiger charge is 2.39. The first-order valence-electron chi connectivity index (χ1n) is 29.2. The Morgan fingerprint density at radius 3 is 1.42 bits per heavy atom. The number of hydroxylamine groups is 2. The third-order valence-corrected chi connectivity index (χ3v) is 16.6. The van der Waals surface area contributed by atoms with Crippen molar-refractivity contribution in [1.29, 1.82) is 0 Å². The number of aromatic nitrogens is 2. The smallest absolute Gasteiger partial charge is 0.275 e. The largest absolute Gasteiger partial charge is 0.448 e. The molecule has 424 valence electrons. The van der Waals surface area contributed by atoms with E-state index in [4.69, 9.17) is 19.1 Å². The molecule has 10 aromatic rings. The van der Waals surface area contributed by atoms with E-state index in [2.05, 4.69) is 195 Å². The van der Waals surface area contributed by atoms with Gasteiger partial charge in [-0.25, -0.2) is 8.78 Å². The van der Waals surface area contributed by atoms with Crippen molar-refractivity contribution in [3.63, 3.8) is 0 Å². The molecule has 0 saturated carbocycles. The van der Waals surface area contributed by atoms with E-state index in [0.29, 0.717) is 62.4 Å². The zero-order valence-corrected chi connectivity index (χ0v) is 50.2. The van der Waals surface area contributed by atoms with E-state index in [9.17, 15) is 0 Å². The number of hydrogen-bond donors (Lipinski definition) is 0. The predicted octanol–water partition coefficient (Wildman–Crippen LogP) is 18.2. The minimum atomic E-state index is -1.62. The number of hydrogen-bond acceptors (Lipinski definition) is 5. The lowest BCUT2D eigenvalue weighted by Crippen LogP contribution is -2.36. The Balaban J connectivity index is 1.24. The Hall–Kier alpha value is -8.14. The van der Waals surface area contributed by atoms with Crippen LogP contribution in [-0.2, 0) is 16.6 Å². The molecule has 1 aliphatic carbocycles. The highest BCUT2D eigenvalue weighted by Crippen LogP contribution is 2.52. The van der Waals surface area contributed by atoms with Crippen molar-refractivity contribution in [2.24, 2.45) is 16.7 Å². The number of rotatable bonds is 7. The summed E-state index contributed by atoms with van der Waals surface area (Å²) in [5, 5.41) is 6.81. The van der Waals surface area contributed by atoms with E-state index in [1.807, 2.05) is 37.3 Å². The van der Waals surface area contributed by atoms with Gasteiger partial charge in [0.05, 0.1) is 35.0 Å². The zero-order chi connectivity index (χ0) is 58.5. The van der Waals surface area contributed by atoms with Crippen LogP contribution >= 0.6 is 0 Å². The quantitative estimate of drug-likeness (QED) is 0.159. The monoisotopic (exact) mass is 1110 g/mol. The minimum absolute atomic E-state index is 0.0660. The first-order valence-corrected chi connectivity index (χ1v) is 29.2. The maximum Gasteiger partial charge on any atom is 0.275 e. The van der Waals surface area contributed by atoms with Gasteiger partial charge in [0.1, 0.15) is 23.1 Å². The molecule has 0 fully saturated rings. The van der Waals surface area contributed by atoms with E-state index in [-0.39, 0.29) is 10.8 Å². The van der Waals surface area contributed by atoms with E-state index < -0.39 is 28.3 Å². The Morgan fingerprint density at radius 2 is 0.940 bits per heavy atom. The Morgan fingerprint density at radius 1 is 0.506 bits per heavy atom. The van der Waals surface area contributed by atoms with Crippen LogP contribution in [0, 0.1) is 28.4 Å². The molecule has 8 aromatic carbocycles. The summed E-state index contributed by atoms with van der Waals surface area (Å²) in [5.41, 5.74) is 8.03. The second kappa shape index (κ2) is 20.3. The minimum Gasteiger partial charge on any atom is -0.448 e. The summed E-state index contributed by atoms with van der Waals surface area (Å²) in [4.78, 5) is 15.0. The molecule has 0 saturated heterocycles. The number of halogens is 2. The highest BCUT2D eigenvalue weighted by molar-refractivity contribution is 6.09. The summed E-state index contributed by atoms with van der Waals surface area (Å²) in [6.07, 6.45) is 7.18. The summed E-state index contributed by atoms with van der Waals surface area (Å²) in [5.74, 6) is -0.819. The highest BCUT2D eigenvalue weighted by atomic mass is 19.1. The van der Waals surface area contributed by atoms with Crippen LogP contribution in [0.1, 0.15) is 119 Å². The lowest BCUT2D eigenvalue weighted by molar-refractivity contribution is -0.235. The second-order valence-electron chi connectivity index (χ2n) is 27.0. The van der Waals surface area contributed by atoms with E-state index in [0.717, 1.165) is 79.4 Å². The van der Waals surface area contributed by atoms with Crippen LogP contribution in [0.4, 0.5) is 8.78 Å². The maximum atomic E-state index is 16.7. The SMILES string of the molecule is CC1C=c2c(n(-c3cc(C(C)(C)CC(C)(C)C)cc4c3ON(C)Oc3c(cc(C(C)(C)CC(C)(C)C)cc3-n3c5ccccc5c5ccccc53)-c3cc(F)ccc3OC(C)(c3ccccc3)Oc3ccc(F)cc3-4)c3ccccc23)=CC1. The molecule has 2 aromatic heterocycles. The number of ether oxygens (including phenoxy) is 2. The topological polar surface area (TPSA) is 50.0 Å². The van der Waals surface area contributed by atoms with Gasteiger partial charge in [0.2, 0.25) is 0 Å². The fourth-order valence-corrected chi connectivity index (χ4v) is 13.7. The van der Waals surface area contributed by atoms with Gasteiger partial charge in [-0.3, -0.25) is 0 Å². The van der Waals surface area contributed by atoms with Gasteiger partial charge in [-0.05, 0) is 137 Å². The van der Waals surface area contributed by atoms with Gasteiger partial charge in [0.25, 0.3) is 5.79 Å². The molecule has 0 N–H and O–H groups in total. The van der Waals surface area contributed by atoms with Gasteiger partial charge in [-0.1, -0.05) is 173 Å². The molecule has 3 heterocycles. The van der Waals surface area contributed by atoms with Crippen LogP contribution < -0.4 is 29.7 Å². The third kappa shape index (κ3) is 10.4. The van der Waals surface area contributed by atoms with Crippen molar-refractivity contribution >= 4 is 44.9 Å². The average molecular weight is 1110 g/mol. The summed E-state index contributed by atoms with van der Waals surface area (Å²) < 4.78 is 52.7. The summed E-state index contributed by atoms with van der Waals surface area (Å²) >= 11 is 0. The summed E-state index contributed by atoms with van der Waals surface area (Å²) in [6, 6.07) is 52.9. The fourth-order valence-electron chi connectivity index (χ4n) is 13.7. The predicted molar refractivity (Wildman–Crippen MR) is 335 cm³/mol. The first kappa shape index (κ1) is 55.4. The molecule has 2 atom stereocenters. The standard InChI is InChI=1S/C74H75F2N3O4/c1-46-31-34-63-55(37-46)54-27-19-22-30-62(54)79(63)65-41-49(73(10,11)45-71(5,6)7)39-59-57-43-51(76)33-36-67(57)81-74(12,47-23-15-14-16-24-47)80-66-35-32-50(75)42-56(66)58-38-48(72(8,9)44-70(2,3)4)40-64(68(58)82-77(13)83-69(59)65)78-60-28-20-17-25-52(60)53-26-18-21-29-61(53)78/h14-30,32-43,46H,31,44-45H2,1-13H3. The maximum absolute atomic E-state index is 16.7. The van der Waals surface area contributed by atoms with Gasteiger partial charge < -0.3 is 28.3 Å². The van der Waals surface area contributed by atoms with Crippen molar-refractivity contribution in [2.75, 3.05) is 7.05 Å². The van der Waals surface area contributed by atoms with Crippen LogP contribution in [0.15, 0.2) is 164 Å². The molecule has 1 aliphatic heterocycles. The average Bonchev–Trinajstić information content (AvgIpc) is 3.66. The number of nitrogens with zero attached hydrogens (tertiary/aromatic N) is 3. The van der Waals surface area contributed by atoms with E-state index >= 15 is 8.78 Å². The van der Waals surface area contributed by atoms with E-state index in [1.54, 1.807) is 19.2 Å². The molecule has 83 heavy (non-hydrogen) atoms. The molecule has 7 nitrogen and oxygen atoms in total. The third-order valence-electron chi connectivity index (χ3n) is 16.6. The molecule has 0 amide bonds. The van der Waals surface area contributed by atoms with Gasteiger partial charge in [0.15, 0.2) is 11.5 Å². The van der Waals surface area contributed by atoms with Crippen LogP contribution in [0.25, 0.3) is 78.5 Å². The van der Waals surface area contributed by atoms with Crippen LogP contribution in [-0.4, -0.2) is 21.4 Å². The lowest BCUT2D eigenvalue weighted by Gasteiger charge is -2.36. The number of benzene rings is 8. The van der Waals surface area contributed by atoms with Crippen LogP contribution in [0.2, 0.25) is 0 Å². The molecule has 2 aliphatic rings. The Bertz CT molecular complexity index is 4260. The van der Waals surface area contributed by atoms with Crippen molar-refractivity contribution in [1.82, 2.24) is 14.4 Å². The van der Waals surface area contributed by atoms with Crippen LogP contribution in [0.5, 0.6) is 23.0 Å². The van der Waals surface area contributed by atoms with Gasteiger partial charge in [-0.15, -0.1) is 0 Å². The molecule has 2 unspecified atom stereocenters. The lowest BCUT2D eigenvalue weighted by atomic mass is 9.71. The zero-order valence-electron chi connectivity index (χ0n) is 50.2. The molecule has 0 bridgehead atoms. The summed E-state index contributed by atoms with van der Waals surface area (Å²) in [6.45, 7) is 26.8. The Kier molecular flexibility index (Phi) is 13.6. The second-order valence-corrected chi connectivity index (χ2v) is 27.0. The number of para-hydroxylation sites is 3. The van der Waals surface area contributed by atoms with Crippen LogP contribution in [0.3, 0.4) is 0 Å². The first-order chi connectivity index (χ1) is 39.3. The molecular weight excluding hydrogens is 1030 g/mol. The number of fused-ring (bicyclic) bond motifs is 12. The van der Waals surface area contributed by atoms with Crippen molar-refractivity contribution in [3.05, 3.63) is 203 Å². The summed E-state index contributed by atoms with van der Waals surface area (Å²) in [7, 11) is 1.75. The molecule has 0 spiro atoms. The molecular formula is C74H75F2N3O4. The van der Waals surface area contributed by atoms with E-state index in [1.165, 1.54) is 29.5 Å². The van der Waals surface area contributed by atoms with Gasteiger partial charge in [0, 0.05) is 66.7 Å². The molecule has 9 heteroatoms. The molecule has 0 radical (unpaired) electrons.